The van der Waals surface area contributed by atoms with Crippen molar-refractivity contribution in [1.82, 2.24) is 29.0 Å². The van der Waals surface area contributed by atoms with Crippen LogP contribution in [-0.2, 0) is 20.1 Å². The molecule has 0 spiro atoms. The van der Waals surface area contributed by atoms with Crippen molar-refractivity contribution in [1.29, 1.82) is 5.26 Å². The van der Waals surface area contributed by atoms with Gasteiger partial charge in [-0.25, -0.2) is 14.8 Å². The lowest BCUT2D eigenvalue weighted by molar-refractivity contribution is 0.633. The molecule has 1 aromatic carbocycles. The number of rotatable bonds is 5. The van der Waals surface area contributed by atoms with E-state index in [1.165, 1.54) is 9.13 Å². The monoisotopic (exact) mass is 512 g/mol. The molecule has 3 aromatic heterocycles. The van der Waals surface area contributed by atoms with E-state index in [0.717, 1.165) is 48.2 Å². The van der Waals surface area contributed by atoms with E-state index >= 15 is 0 Å². The summed E-state index contributed by atoms with van der Waals surface area (Å²) in [4.78, 5) is 39.0. The molecule has 1 aliphatic rings. The SMILES string of the molecule is CC(C)=CCn1c(N2CCCNCC2)c(C#N)c2c1c(=O)n(Cc1nc(C)c3ccccc3n1)c(=O)n2C. The number of nitrogens with zero attached hydrogens (tertiary/aromatic N) is 7. The maximum absolute atomic E-state index is 14.1. The Hall–Kier alpha value is -4.23. The number of aryl methyl sites for hydroxylation is 2. The molecule has 1 N–H and O–H groups in total. The van der Waals surface area contributed by atoms with Gasteiger partial charge in [-0.1, -0.05) is 29.8 Å². The maximum Gasteiger partial charge on any atom is 0.331 e. The molecule has 0 unspecified atom stereocenters. The van der Waals surface area contributed by atoms with Crippen LogP contribution in [0, 0.1) is 18.3 Å². The molecule has 1 aliphatic heterocycles. The first-order valence-corrected chi connectivity index (χ1v) is 12.9. The molecule has 10 heteroatoms. The average molecular weight is 513 g/mol. The summed E-state index contributed by atoms with van der Waals surface area (Å²) in [6.07, 6.45) is 2.95. The quantitative estimate of drug-likeness (QED) is 0.409. The predicted octanol–water partition coefficient (Wildman–Crippen LogP) is 2.44. The summed E-state index contributed by atoms with van der Waals surface area (Å²) >= 11 is 0. The van der Waals surface area contributed by atoms with E-state index in [9.17, 15) is 14.9 Å². The number of allylic oxidation sites excluding steroid dienone is 2. The molecule has 0 saturated carbocycles. The van der Waals surface area contributed by atoms with Crippen LogP contribution < -0.4 is 21.5 Å². The number of aromatic nitrogens is 5. The lowest BCUT2D eigenvalue weighted by Crippen LogP contribution is -2.40. The highest BCUT2D eigenvalue weighted by Gasteiger charge is 2.28. The van der Waals surface area contributed by atoms with Crippen LogP contribution in [0.15, 0.2) is 45.5 Å². The van der Waals surface area contributed by atoms with E-state index in [4.69, 9.17) is 0 Å². The van der Waals surface area contributed by atoms with Gasteiger partial charge in [-0.15, -0.1) is 0 Å². The fourth-order valence-corrected chi connectivity index (χ4v) is 5.22. The first-order chi connectivity index (χ1) is 18.3. The zero-order valence-electron chi connectivity index (χ0n) is 22.3. The number of hydrogen-bond acceptors (Lipinski definition) is 7. The molecule has 0 amide bonds. The van der Waals surface area contributed by atoms with E-state index in [1.807, 2.05) is 55.7 Å². The molecular formula is C28H32N8O2. The van der Waals surface area contributed by atoms with Gasteiger partial charge in [0, 0.05) is 44.3 Å². The number of anilines is 1. The standard InChI is InChI=1S/C28H32N8O2/c1-18(2)10-14-35-25-24(21(16-29)26(35)34-13-7-11-30-12-15-34)33(4)28(38)36(27(25)37)17-23-31-19(3)20-8-5-6-9-22(20)32-23/h5-6,8-10,30H,7,11-15,17H2,1-4H3. The molecule has 1 saturated heterocycles. The average Bonchev–Trinajstić information content (AvgIpc) is 3.02. The highest BCUT2D eigenvalue weighted by Crippen LogP contribution is 2.31. The second kappa shape index (κ2) is 10.3. The lowest BCUT2D eigenvalue weighted by Gasteiger charge is -2.24. The number of para-hydroxylation sites is 1. The van der Waals surface area contributed by atoms with E-state index < -0.39 is 11.2 Å². The van der Waals surface area contributed by atoms with Crippen molar-refractivity contribution in [3.63, 3.8) is 0 Å². The third-order valence-corrected chi connectivity index (χ3v) is 7.08. The Kier molecular flexibility index (Phi) is 6.87. The number of hydrogen-bond donors (Lipinski definition) is 1. The largest absolute Gasteiger partial charge is 0.356 e. The van der Waals surface area contributed by atoms with Gasteiger partial charge in [0.15, 0.2) is 0 Å². The molecule has 38 heavy (non-hydrogen) atoms. The van der Waals surface area contributed by atoms with Gasteiger partial charge in [0.25, 0.3) is 5.56 Å². The van der Waals surface area contributed by atoms with Crippen LogP contribution in [0.3, 0.4) is 0 Å². The van der Waals surface area contributed by atoms with Crippen LogP contribution in [0.1, 0.15) is 37.4 Å². The van der Waals surface area contributed by atoms with Gasteiger partial charge in [-0.05, 0) is 39.8 Å². The van der Waals surface area contributed by atoms with Crippen molar-refractivity contribution in [2.24, 2.45) is 7.05 Å². The zero-order chi connectivity index (χ0) is 27.0. The highest BCUT2D eigenvalue weighted by atomic mass is 16.2. The smallest absolute Gasteiger partial charge is 0.331 e. The molecule has 10 nitrogen and oxygen atoms in total. The minimum absolute atomic E-state index is 0.0637. The first kappa shape index (κ1) is 25.4. The Morgan fingerprint density at radius 2 is 1.89 bits per heavy atom. The van der Waals surface area contributed by atoms with Crippen molar-refractivity contribution in [2.45, 2.75) is 40.3 Å². The van der Waals surface area contributed by atoms with Gasteiger partial charge in [0.05, 0.1) is 17.6 Å². The Morgan fingerprint density at radius 1 is 1.11 bits per heavy atom. The molecule has 4 aromatic rings. The van der Waals surface area contributed by atoms with Crippen LogP contribution in [-0.4, -0.2) is 49.8 Å². The Balaban J connectivity index is 1.77. The summed E-state index contributed by atoms with van der Waals surface area (Å²) in [7, 11) is 1.62. The normalized spacial score (nSPS) is 14.0. The highest BCUT2D eigenvalue weighted by molar-refractivity contribution is 5.90. The fraction of sp³-hybridized carbons (Fsp3) is 0.393. The first-order valence-electron chi connectivity index (χ1n) is 12.9. The number of benzene rings is 1. The van der Waals surface area contributed by atoms with Crippen LogP contribution in [0.25, 0.3) is 21.9 Å². The molecular weight excluding hydrogens is 480 g/mol. The van der Waals surface area contributed by atoms with Crippen molar-refractivity contribution in [3.05, 3.63) is 73.8 Å². The van der Waals surface area contributed by atoms with Gasteiger partial charge in [-0.3, -0.25) is 13.9 Å². The minimum atomic E-state index is -0.503. The van der Waals surface area contributed by atoms with Crippen LogP contribution >= 0.6 is 0 Å². The Bertz CT molecular complexity index is 1720. The molecule has 0 radical (unpaired) electrons. The molecule has 0 bridgehead atoms. The third kappa shape index (κ3) is 4.39. The minimum Gasteiger partial charge on any atom is -0.356 e. The summed E-state index contributed by atoms with van der Waals surface area (Å²) in [6.45, 7) is 9.36. The summed E-state index contributed by atoms with van der Waals surface area (Å²) in [5.41, 5.74) is 2.75. The third-order valence-electron chi connectivity index (χ3n) is 7.08. The topological polar surface area (TPSA) is 114 Å². The van der Waals surface area contributed by atoms with Gasteiger partial charge in [0.1, 0.15) is 28.8 Å². The second-order valence-electron chi connectivity index (χ2n) is 9.97. The van der Waals surface area contributed by atoms with Gasteiger partial charge >= 0.3 is 5.69 Å². The summed E-state index contributed by atoms with van der Waals surface area (Å²) < 4.78 is 4.50. The van der Waals surface area contributed by atoms with Crippen molar-refractivity contribution < 1.29 is 0 Å². The molecule has 4 heterocycles. The van der Waals surface area contributed by atoms with Gasteiger partial charge in [-0.2, -0.15) is 5.26 Å². The second-order valence-corrected chi connectivity index (χ2v) is 9.97. The van der Waals surface area contributed by atoms with E-state index in [2.05, 4.69) is 26.3 Å². The van der Waals surface area contributed by atoms with E-state index in [0.29, 0.717) is 41.3 Å². The van der Waals surface area contributed by atoms with Crippen LogP contribution in [0.5, 0.6) is 0 Å². The van der Waals surface area contributed by atoms with E-state index in [-0.39, 0.29) is 6.54 Å². The molecule has 0 aliphatic carbocycles. The van der Waals surface area contributed by atoms with Gasteiger partial charge < -0.3 is 14.8 Å². The van der Waals surface area contributed by atoms with Crippen LogP contribution in [0.2, 0.25) is 0 Å². The molecule has 1 fully saturated rings. The zero-order valence-corrected chi connectivity index (χ0v) is 22.3. The maximum atomic E-state index is 14.1. The number of nitrogens with one attached hydrogen (secondary N) is 1. The Morgan fingerprint density at radius 3 is 2.66 bits per heavy atom. The fourth-order valence-electron chi connectivity index (χ4n) is 5.22. The van der Waals surface area contributed by atoms with Crippen LogP contribution in [0.4, 0.5) is 5.82 Å². The molecule has 5 rings (SSSR count). The lowest BCUT2D eigenvalue weighted by atomic mass is 10.2. The van der Waals surface area contributed by atoms with Crippen molar-refractivity contribution in [3.8, 4) is 6.07 Å². The molecule has 196 valence electrons. The van der Waals surface area contributed by atoms with Gasteiger partial charge in [0.2, 0.25) is 0 Å². The van der Waals surface area contributed by atoms with E-state index in [1.54, 1.807) is 7.05 Å². The Labute approximate surface area is 220 Å². The number of nitriles is 1. The summed E-state index contributed by atoms with van der Waals surface area (Å²) in [5, 5.41) is 14.6. The van der Waals surface area contributed by atoms with Crippen molar-refractivity contribution >= 4 is 27.8 Å². The molecule has 0 atom stereocenters. The predicted molar refractivity (Wildman–Crippen MR) is 149 cm³/mol. The number of fused-ring (bicyclic) bond motifs is 2. The summed E-state index contributed by atoms with van der Waals surface area (Å²) in [6, 6.07) is 9.99. The van der Waals surface area contributed by atoms with Crippen molar-refractivity contribution in [2.75, 3.05) is 31.1 Å². The summed E-state index contributed by atoms with van der Waals surface area (Å²) in [5.74, 6) is 1.08.